The van der Waals surface area contributed by atoms with Crippen molar-refractivity contribution in [2.45, 2.75) is 101 Å². The maximum absolute atomic E-state index is 13.6. The lowest BCUT2D eigenvalue weighted by Crippen LogP contribution is -2.49. The van der Waals surface area contributed by atoms with Gasteiger partial charge in [0, 0.05) is 76.5 Å². The van der Waals surface area contributed by atoms with E-state index in [0.29, 0.717) is 48.9 Å². The van der Waals surface area contributed by atoms with E-state index in [-0.39, 0.29) is 53.1 Å². The van der Waals surface area contributed by atoms with Crippen molar-refractivity contribution < 1.29 is 38.6 Å². The zero-order valence-corrected chi connectivity index (χ0v) is 43.8. The highest BCUT2D eigenvalue weighted by Gasteiger charge is 2.57. The van der Waals surface area contributed by atoms with Gasteiger partial charge >= 0.3 is 7.12 Å². The molecule has 6 N–H and O–H groups in total. The second kappa shape index (κ2) is 19.5. The summed E-state index contributed by atoms with van der Waals surface area (Å²) in [5.74, 6) is 2.34. The van der Waals surface area contributed by atoms with E-state index in [0.717, 1.165) is 61.4 Å². The van der Waals surface area contributed by atoms with E-state index in [1.807, 2.05) is 54.6 Å². The molecule has 6 atom stereocenters. The lowest BCUT2D eigenvalue weighted by Gasteiger charge is -2.44. The maximum atomic E-state index is 13.6. The Kier molecular flexibility index (Phi) is 14.4. The first-order valence-corrected chi connectivity index (χ1v) is 25.2. The van der Waals surface area contributed by atoms with Gasteiger partial charge in [0.15, 0.2) is 23.0 Å². The number of hydrogen-bond acceptors (Lipinski definition) is 12. The van der Waals surface area contributed by atoms with Gasteiger partial charge in [-0.25, -0.2) is 9.98 Å². The summed E-state index contributed by atoms with van der Waals surface area (Å²) < 4.78 is 27.4. The van der Waals surface area contributed by atoms with Gasteiger partial charge in [0.2, 0.25) is 0 Å². The number of amides is 2. The Morgan fingerprint density at radius 3 is 1.51 bits per heavy atom. The zero-order chi connectivity index (χ0) is 48.9. The van der Waals surface area contributed by atoms with Crippen LogP contribution in [0.4, 0.5) is 0 Å². The molecule has 2 saturated heterocycles. The fraction of sp³-hybridized carbons (Fsp3) is 0.440. The Labute approximate surface area is 423 Å². The lowest BCUT2D eigenvalue weighted by atomic mass is 9.74. The minimum Gasteiger partial charge on any atom is -0.490 e. The molecule has 0 saturated carbocycles. The van der Waals surface area contributed by atoms with E-state index < -0.39 is 18.2 Å². The van der Waals surface area contributed by atoms with Gasteiger partial charge in [-0.2, -0.15) is 0 Å². The Hall–Kier alpha value is -4.30. The monoisotopic (exact) mass is 1120 g/mol. The molecule has 4 aromatic carbocycles. The predicted molar refractivity (Wildman–Crippen MR) is 273 cm³/mol. The van der Waals surface area contributed by atoms with E-state index in [2.05, 4.69) is 92.6 Å². The number of nitrogens with two attached hydrogens (primary N) is 2. The second-order valence-corrected chi connectivity index (χ2v) is 22.4. The van der Waals surface area contributed by atoms with Crippen molar-refractivity contribution in [3.05, 3.63) is 109 Å². The molecule has 6 unspecified atom stereocenters. The maximum Gasteiger partial charge on any atom is 0.488 e. The molecule has 6 heterocycles. The molecular weight excluding hydrogens is 1060 g/mol. The van der Waals surface area contributed by atoms with Crippen molar-refractivity contribution in [2.75, 3.05) is 27.3 Å². The largest absolute Gasteiger partial charge is 0.490 e. The standard InChI is InChI=1S/C25H28BrN3O3.C19H24BrN3O3.C6H6BBrO2/c1-24(2)13-17(9-10-31-24)21-14-25(22(30)29(3)23(27)28-25)19-12-16(7-8-20(19)32-21)15-5-4-6-18(26)11-15;1-18(2)9-11(6-7-25-18)15-10-19(16(24)23(3)17(21)22-19)13-8-12(20)4-5-14(13)26-15;8-6-3-1-2-5(4-6)7(9)10/h4-8,11-12,17,21H,9-10,13-14H2,1-3H3,(H2,27,28);4-5,8,11,15H,6-7,9-10H2,1-3H3,(H2,21,22);1-4,9-10H. The van der Waals surface area contributed by atoms with Gasteiger partial charge in [-0.1, -0.05) is 78.1 Å². The highest BCUT2D eigenvalue weighted by Crippen LogP contribution is 2.51. The summed E-state index contributed by atoms with van der Waals surface area (Å²) in [6, 6.07) is 26.8. The van der Waals surface area contributed by atoms with Crippen molar-refractivity contribution in [3.8, 4) is 22.6 Å². The highest BCUT2D eigenvalue weighted by atomic mass is 79.9. The first-order chi connectivity index (χ1) is 32.1. The third-order valence-corrected chi connectivity index (χ3v) is 15.3. The Bertz CT molecular complexity index is 2650. The van der Waals surface area contributed by atoms with Crippen LogP contribution in [0.3, 0.4) is 0 Å². The first kappa shape index (κ1) is 50.1. The molecule has 2 amide bonds. The summed E-state index contributed by atoms with van der Waals surface area (Å²) in [4.78, 5) is 39.0. The van der Waals surface area contributed by atoms with Crippen molar-refractivity contribution in [1.82, 2.24) is 9.80 Å². The molecule has 14 nitrogen and oxygen atoms in total. The highest BCUT2D eigenvalue weighted by molar-refractivity contribution is 9.11. The number of nitrogens with zero attached hydrogens (tertiary/aromatic N) is 4. The molecule has 360 valence electrons. The molecule has 0 bridgehead atoms. The van der Waals surface area contributed by atoms with Gasteiger partial charge in [0.25, 0.3) is 11.8 Å². The van der Waals surface area contributed by atoms with Crippen LogP contribution in [0.25, 0.3) is 11.1 Å². The molecule has 0 radical (unpaired) electrons. The van der Waals surface area contributed by atoms with Crippen LogP contribution < -0.4 is 26.4 Å². The van der Waals surface area contributed by atoms with Crippen molar-refractivity contribution >= 4 is 84.1 Å². The number of halogens is 3. The first-order valence-electron chi connectivity index (χ1n) is 22.8. The molecule has 6 aliphatic heterocycles. The predicted octanol–water partition coefficient (Wildman–Crippen LogP) is 7.37. The smallest absolute Gasteiger partial charge is 0.488 e. The minimum absolute atomic E-state index is 0.0889. The number of fused-ring (bicyclic) bond motifs is 4. The summed E-state index contributed by atoms with van der Waals surface area (Å²) in [5.41, 5.74) is 13.9. The average Bonchev–Trinajstić information content (AvgIpc) is 3.63. The van der Waals surface area contributed by atoms with Crippen LogP contribution in [0.15, 0.2) is 108 Å². The number of rotatable bonds is 4. The zero-order valence-electron chi connectivity index (χ0n) is 39.0. The number of likely N-dealkylation sites (N-methyl/N-ethyl adjacent to an activating group) is 2. The fourth-order valence-electron chi connectivity index (χ4n) is 10.3. The van der Waals surface area contributed by atoms with Gasteiger partial charge in [0.05, 0.1) is 11.2 Å². The number of ether oxygens (including phenoxy) is 4. The van der Waals surface area contributed by atoms with Crippen molar-refractivity contribution in [3.63, 3.8) is 0 Å². The molecule has 0 aliphatic carbocycles. The van der Waals surface area contributed by atoms with Gasteiger partial charge in [-0.3, -0.25) is 19.4 Å². The van der Waals surface area contributed by atoms with Crippen molar-refractivity contribution in [1.29, 1.82) is 0 Å². The van der Waals surface area contributed by atoms with E-state index in [1.165, 1.54) is 9.80 Å². The van der Waals surface area contributed by atoms with Crippen molar-refractivity contribution in [2.24, 2.45) is 33.3 Å². The number of carbonyl (C=O) groups is 2. The van der Waals surface area contributed by atoms with E-state index in [9.17, 15) is 9.59 Å². The quantitative estimate of drug-likeness (QED) is 0.150. The molecule has 2 fully saturated rings. The van der Waals surface area contributed by atoms with Gasteiger partial charge in [0.1, 0.15) is 23.7 Å². The normalized spacial score (nSPS) is 27.6. The molecular formula is C50H58BBr3N6O8. The Morgan fingerprint density at radius 1 is 0.618 bits per heavy atom. The summed E-state index contributed by atoms with van der Waals surface area (Å²) in [7, 11) is 1.99. The summed E-state index contributed by atoms with van der Waals surface area (Å²) in [5, 5.41) is 17.4. The molecule has 6 aliphatic rings. The number of carbonyl (C=O) groups excluding carboxylic acids is 2. The van der Waals surface area contributed by atoms with Crippen LogP contribution in [-0.2, 0) is 30.1 Å². The molecule has 0 aromatic heterocycles. The van der Waals surface area contributed by atoms with Crippen LogP contribution in [0, 0.1) is 11.8 Å². The molecule has 2 spiro atoms. The fourth-order valence-corrected chi connectivity index (χ4v) is 11.5. The van der Waals surface area contributed by atoms with Gasteiger partial charge in [-0.15, -0.1) is 0 Å². The van der Waals surface area contributed by atoms with Crippen LogP contribution in [0.1, 0.15) is 77.3 Å². The molecule has 4 aromatic rings. The van der Waals surface area contributed by atoms with E-state index in [4.69, 9.17) is 45.5 Å². The third-order valence-electron chi connectivity index (χ3n) is 13.8. The summed E-state index contributed by atoms with van der Waals surface area (Å²) >= 11 is 10.3. The van der Waals surface area contributed by atoms with Crippen LogP contribution in [-0.4, -0.2) is 101 Å². The summed E-state index contributed by atoms with van der Waals surface area (Å²) in [6.07, 6.45) is 4.34. The van der Waals surface area contributed by atoms with E-state index >= 15 is 0 Å². The van der Waals surface area contributed by atoms with Crippen LogP contribution in [0.5, 0.6) is 11.5 Å². The number of hydrogen-bond donors (Lipinski definition) is 4. The number of benzene rings is 4. The molecule has 10 rings (SSSR count). The molecule has 18 heteroatoms. The van der Waals surface area contributed by atoms with Crippen LogP contribution in [0.2, 0.25) is 0 Å². The number of aliphatic imine (C=N–C) groups is 2. The Balaban J connectivity index is 0.000000155. The second-order valence-electron chi connectivity index (χ2n) is 19.6. The van der Waals surface area contributed by atoms with E-state index in [1.54, 1.807) is 32.3 Å². The third kappa shape index (κ3) is 10.1. The Morgan fingerprint density at radius 2 is 1.07 bits per heavy atom. The number of guanidine groups is 2. The van der Waals surface area contributed by atoms with Gasteiger partial charge in [-0.05, 0) is 125 Å². The lowest BCUT2D eigenvalue weighted by molar-refractivity contribution is -0.135. The molecule has 68 heavy (non-hydrogen) atoms. The van der Waals surface area contributed by atoms with Gasteiger partial charge < -0.3 is 40.5 Å². The minimum atomic E-state index is -1.38. The SMILES string of the molecule is CN1C(=O)C2(CC(C3CCOC(C)(C)C3)Oc3ccc(-c4cccc(Br)c4)cc32)N=C1N.CN1C(=O)C2(CC(C3CCOC(C)(C)C3)Oc3ccc(Br)cc32)N=C1N.OB(O)c1cccc(Br)c1. The average molecular weight is 1120 g/mol. The summed E-state index contributed by atoms with van der Waals surface area (Å²) in [6.45, 7) is 9.83. The van der Waals surface area contributed by atoms with Crippen LogP contribution >= 0.6 is 47.8 Å². The topological polar surface area (TPSA) is 195 Å².